The first-order chi connectivity index (χ1) is 9.17. The van der Waals surface area contributed by atoms with Gasteiger partial charge in [0.2, 0.25) is 0 Å². The minimum atomic E-state index is -0.0236. The molecule has 1 fully saturated rings. The lowest BCUT2D eigenvalue weighted by atomic mass is 10.0. The molecule has 0 aliphatic heterocycles. The maximum atomic E-state index is 12.5. The number of hydrogen-bond donors (Lipinski definition) is 1. The third-order valence-electron chi connectivity index (χ3n) is 3.87. The van der Waals surface area contributed by atoms with Gasteiger partial charge in [-0.1, -0.05) is 18.0 Å². The number of nitrogens with zero attached hydrogens (tertiary/aromatic N) is 2. The fourth-order valence-electron chi connectivity index (χ4n) is 2.88. The molecule has 0 saturated heterocycles. The number of amides is 1. The van der Waals surface area contributed by atoms with Gasteiger partial charge in [-0.15, -0.1) is 0 Å². The summed E-state index contributed by atoms with van der Waals surface area (Å²) < 4.78 is 0. The number of halogens is 1. The Morgan fingerprint density at radius 2 is 2.32 bits per heavy atom. The van der Waals surface area contributed by atoms with Crippen molar-refractivity contribution in [3.8, 4) is 0 Å². The third kappa shape index (κ3) is 3.07. The van der Waals surface area contributed by atoms with Crippen molar-refractivity contribution >= 4 is 17.5 Å². The van der Waals surface area contributed by atoms with Gasteiger partial charge in [-0.3, -0.25) is 4.79 Å². The Kier molecular flexibility index (Phi) is 4.77. The van der Waals surface area contributed by atoms with Crippen molar-refractivity contribution in [2.75, 3.05) is 13.1 Å². The SMILES string of the molecule is CCN(C(=O)c1ccc(Cl)cn1)C1CCCC1CN. The van der Waals surface area contributed by atoms with E-state index in [9.17, 15) is 4.79 Å². The van der Waals surface area contributed by atoms with E-state index in [1.165, 1.54) is 6.20 Å². The highest BCUT2D eigenvalue weighted by Crippen LogP contribution is 2.30. The lowest BCUT2D eigenvalue weighted by molar-refractivity contribution is 0.0646. The number of hydrogen-bond acceptors (Lipinski definition) is 3. The van der Waals surface area contributed by atoms with E-state index in [2.05, 4.69) is 4.98 Å². The van der Waals surface area contributed by atoms with Gasteiger partial charge in [0, 0.05) is 18.8 Å². The summed E-state index contributed by atoms with van der Waals surface area (Å²) in [4.78, 5) is 18.5. The van der Waals surface area contributed by atoms with Crippen molar-refractivity contribution < 1.29 is 4.79 Å². The molecular weight excluding hydrogens is 262 g/mol. The van der Waals surface area contributed by atoms with Crippen molar-refractivity contribution in [3.63, 3.8) is 0 Å². The first-order valence-corrected chi connectivity index (χ1v) is 7.17. The molecule has 1 aromatic heterocycles. The minimum Gasteiger partial charge on any atom is -0.334 e. The molecule has 2 rings (SSSR count). The lowest BCUT2D eigenvalue weighted by Gasteiger charge is -2.31. The third-order valence-corrected chi connectivity index (χ3v) is 4.09. The topological polar surface area (TPSA) is 59.2 Å². The highest BCUT2D eigenvalue weighted by Gasteiger charge is 2.33. The van der Waals surface area contributed by atoms with Gasteiger partial charge in [-0.25, -0.2) is 4.98 Å². The second-order valence-electron chi connectivity index (χ2n) is 4.95. The van der Waals surface area contributed by atoms with Crippen molar-refractivity contribution in [1.82, 2.24) is 9.88 Å². The Morgan fingerprint density at radius 3 is 2.89 bits per heavy atom. The summed E-state index contributed by atoms with van der Waals surface area (Å²) in [6.45, 7) is 3.33. The Hall–Kier alpha value is -1.13. The zero-order valence-electron chi connectivity index (χ0n) is 11.2. The van der Waals surface area contributed by atoms with Crippen LogP contribution in [-0.4, -0.2) is 34.9 Å². The van der Waals surface area contributed by atoms with E-state index in [4.69, 9.17) is 17.3 Å². The van der Waals surface area contributed by atoms with Gasteiger partial charge in [0.15, 0.2) is 0 Å². The number of carbonyl (C=O) groups is 1. The van der Waals surface area contributed by atoms with Gasteiger partial charge in [-0.2, -0.15) is 0 Å². The molecule has 0 spiro atoms. The van der Waals surface area contributed by atoms with E-state index in [0.29, 0.717) is 29.7 Å². The molecule has 2 N–H and O–H groups in total. The van der Waals surface area contributed by atoms with Gasteiger partial charge < -0.3 is 10.6 Å². The Labute approximate surface area is 118 Å². The first kappa shape index (κ1) is 14.3. The highest BCUT2D eigenvalue weighted by atomic mass is 35.5. The van der Waals surface area contributed by atoms with Crippen LogP contribution in [0.15, 0.2) is 18.3 Å². The van der Waals surface area contributed by atoms with Crippen LogP contribution in [0.4, 0.5) is 0 Å². The van der Waals surface area contributed by atoms with Crippen LogP contribution in [0.2, 0.25) is 5.02 Å². The lowest BCUT2D eigenvalue weighted by Crippen LogP contribution is -2.44. The van der Waals surface area contributed by atoms with E-state index in [-0.39, 0.29) is 11.9 Å². The van der Waals surface area contributed by atoms with Crippen molar-refractivity contribution in [2.24, 2.45) is 11.7 Å². The zero-order chi connectivity index (χ0) is 13.8. The largest absolute Gasteiger partial charge is 0.334 e. The molecule has 0 aromatic carbocycles. The summed E-state index contributed by atoms with van der Waals surface area (Å²) in [6, 6.07) is 3.63. The van der Waals surface area contributed by atoms with E-state index in [1.54, 1.807) is 12.1 Å². The maximum absolute atomic E-state index is 12.5. The zero-order valence-corrected chi connectivity index (χ0v) is 11.9. The minimum absolute atomic E-state index is 0.0236. The number of nitrogens with two attached hydrogens (primary N) is 1. The molecule has 1 heterocycles. The molecule has 0 radical (unpaired) electrons. The fourth-order valence-corrected chi connectivity index (χ4v) is 2.99. The highest BCUT2D eigenvalue weighted by molar-refractivity contribution is 6.30. The Balaban J connectivity index is 2.17. The number of aromatic nitrogens is 1. The van der Waals surface area contributed by atoms with Crippen molar-refractivity contribution in [1.29, 1.82) is 0 Å². The number of pyridine rings is 1. The molecule has 0 bridgehead atoms. The normalized spacial score (nSPS) is 22.5. The maximum Gasteiger partial charge on any atom is 0.272 e. The van der Waals surface area contributed by atoms with Gasteiger partial charge in [0.05, 0.1) is 5.02 Å². The molecule has 1 saturated carbocycles. The van der Waals surface area contributed by atoms with Crippen LogP contribution in [-0.2, 0) is 0 Å². The summed E-state index contributed by atoms with van der Waals surface area (Å²) in [5, 5.41) is 0.542. The van der Waals surface area contributed by atoms with Crippen LogP contribution >= 0.6 is 11.6 Å². The molecule has 2 unspecified atom stereocenters. The number of carbonyl (C=O) groups excluding carboxylic acids is 1. The van der Waals surface area contributed by atoms with Gasteiger partial charge >= 0.3 is 0 Å². The molecule has 4 nitrogen and oxygen atoms in total. The van der Waals surface area contributed by atoms with Crippen LogP contribution in [0.3, 0.4) is 0 Å². The average Bonchev–Trinajstić information content (AvgIpc) is 2.88. The van der Waals surface area contributed by atoms with Crippen LogP contribution in [0.1, 0.15) is 36.7 Å². The van der Waals surface area contributed by atoms with Gasteiger partial charge in [0.25, 0.3) is 5.91 Å². The predicted octanol–water partition coefficient (Wildman–Crippen LogP) is 2.32. The Bertz CT molecular complexity index is 435. The van der Waals surface area contributed by atoms with Crippen LogP contribution < -0.4 is 5.73 Å². The summed E-state index contributed by atoms with van der Waals surface area (Å²) >= 11 is 5.80. The monoisotopic (exact) mass is 281 g/mol. The van der Waals surface area contributed by atoms with Gasteiger partial charge in [0.1, 0.15) is 5.69 Å². The second kappa shape index (κ2) is 6.35. The molecule has 19 heavy (non-hydrogen) atoms. The molecule has 2 atom stereocenters. The smallest absolute Gasteiger partial charge is 0.272 e. The van der Waals surface area contributed by atoms with E-state index in [1.807, 2.05) is 11.8 Å². The Morgan fingerprint density at radius 1 is 1.53 bits per heavy atom. The molecule has 1 amide bonds. The van der Waals surface area contributed by atoms with Crippen molar-refractivity contribution in [3.05, 3.63) is 29.0 Å². The predicted molar refractivity (Wildman–Crippen MR) is 76.1 cm³/mol. The molecule has 5 heteroatoms. The molecule has 1 aliphatic carbocycles. The fraction of sp³-hybridized carbons (Fsp3) is 0.571. The first-order valence-electron chi connectivity index (χ1n) is 6.80. The van der Waals surface area contributed by atoms with Crippen LogP contribution in [0.5, 0.6) is 0 Å². The summed E-state index contributed by atoms with van der Waals surface area (Å²) in [7, 11) is 0. The standard InChI is InChI=1S/C14H20ClN3O/c1-2-18(13-5-3-4-10(13)8-16)14(19)12-7-6-11(15)9-17-12/h6-7,9-10,13H,2-5,8,16H2,1H3. The average molecular weight is 282 g/mol. The summed E-state index contributed by atoms with van der Waals surface area (Å²) in [6.07, 6.45) is 4.80. The summed E-state index contributed by atoms with van der Waals surface area (Å²) in [5.74, 6) is 0.390. The van der Waals surface area contributed by atoms with E-state index >= 15 is 0 Å². The quantitative estimate of drug-likeness (QED) is 0.921. The van der Waals surface area contributed by atoms with E-state index < -0.39 is 0 Å². The van der Waals surface area contributed by atoms with Crippen LogP contribution in [0.25, 0.3) is 0 Å². The van der Waals surface area contributed by atoms with Crippen LogP contribution in [0, 0.1) is 5.92 Å². The van der Waals surface area contributed by atoms with Crippen molar-refractivity contribution in [2.45, 2.75) is 32.2 Å². The second-order valence-corrected chi connectivity index (χ2v) is 5.38. The number of rotatable bonds is 4. The molecule has 104 valence electrons. The molecule has 1 aliphatic rings. The molecular formula is C14H20ClN3O. The van der Waals surface area contributed by atoms with E-state index in [0.717, 1.165) is 19.3 Å². The summed E-state index contributed by atoms with van der Waals surface area (Å²) in [5.41, 5.74) is 6.26. The molecule has 1 aromatic rings. The van der Waals surface area contributed by atoms with Gasteiger partial charge in [-0.05, 0) is 44.4 Å².